The molecule has 5 nitrogen and oxygen atoms in total. The molecule has 20 heavy (non-hydrogen) atoms. The van der Waals surface area contributed by atoms with Crippen LogP contribution in [0.4, 0.5) is 11.8 Å². The number of aromatic nitrogens is 2. The molecule has 0 saturated carbocycles. The maximum atomic E-state index is 5.86. The zero-order valence-corrected chi connectivity index (χ0v) is 13.1. The fourth-order valence-corrected chi connectivity index (χ4v) is 2.84. The highest BCUT2D eigenvalue weighted by atomic mass is 35.5. The summed E-state index contributed by atoms with van der Waals surface area (Å²) >= 11 is 5.86. The third kappa shape index (κ3) is 3.96. The van der Waals surface area contributed by atoms with Crippen LogP contribution in [0.2, 0.25) is 5.02 Å². The molecule has 0 radical (unpaired) electrons. The van der Waals surface area contributed by atoms with E-state index in [4.69, 9.17) is 17.3 Å². The fraction of sp³-hybridized carbons (Fsp3) is 0.714. The minimum atomic E-state index is 0.362. The maximum absolute atomic E-state index is 5.86. The van der Waals surface area contributed by atoms with Crippen molar-refractivity contribution in [1.82, 2.24) is 14.9 Å². The lowest BCUT2D eigenvalue weighted by Gasteiger charge is -2.33. The van der Waals surface area contributed by atoms with Crippen molar-refractivity contribution in [1.29, 1.82) is 0 Å². The molecule has 2 heterocycles. The number of nitrogen functional groups attached to an aromatic ring is 1. The van der Waals surface area contributed by atoms with Crippen LogP contribution in [0.1, 0.15) is 26.2 Å². The van der Waals surface area contributed by atoms with E-state index >= 15 is 0 Å². The van der Waals surface area contributed by atoms with Gasteiger partial charge in [-0.3, -0.25) is 0 Å². The molecule has 0 aromatic carbocycles. The SMILES string of the molecule is CCCN(C)CC1CCN(c2ncc(Cl)c(N)n2)CC1. The third-order valence-electron chi connectivity index (χ3n) is 3.83. The second kappa shape index (κ2) is 7.09. The van der Waals surface area contributed by atoms with E-state index in [0.29, 0.717) is 16.8 Å². The van der Waals surface area contributed by atoms with E-state index in [1.54, 1.807) is 6.20 Å². The standard InChI is InChI=1S/C14H24ClN5/c1-3-6-19(2)10-11-4-7-20(8-5-11)14-17-9-12(15)13(16)18-14/h9,11H,3-8,10H2,1-2H3,(H2,16,17,18). The van der Waals surface area contributed by atoms with Crippen LogP contribution in [0.5, 0.6) is 0 Å². The largest absolute Gasteiger partial charge is 0.382 e. The molecule has 2 rings (SSSR count). The van der Waals surface area contributed by atoms with Gasteiger partial charge in [-0.25, -0.2) is 4.98 Å². The second-order valence-corrected chi connectivity index (χ2v) is 6.00. The lowest BCUT2D eigenvalue weighted by Crippen LogP contribution is -2.38. The molecule has 0 aliphatic carbocycles. The number of nitrogens with zero attached hydrogens (tertiary/aromatic N) is 4. The Hall–Kier alpha value is -1.07. The van der Waals surface area contributed by atoms with Crippen LogP contribution in [0, 0.1) is 5.92 Å². The van der Waals surface area contributed by atoms with Crippen LogP contribution in [-0.4, -0.2) is 48.1 Å². The minimum Gasteiger partial charge on any atom is -0.382 e. The summed E-state index contributed by atoms with van der Waals surface area (Å²) < 4.78 is 0. The van der Waals surface area contributed by atoms with Crippen molar-refractivity contribution in [2.24, 2.45) is 5.92 Å². The number of hydrogen-bond acceptors (Lipinski definition) is 5. The summed E-state index contributed by atoms with van der Waals surface area (Å²) in [5.41, 5.74) is 5.74. The van der Waals surface area contributed by atoms with Gasteiger partial charge in [-0.05, 0) is 38.8 Å². The first kappa shape index (κ1) is 15.3. The van der Waals surface area contributed by atoms with Gasteiger partial charge in [-0.1, -0.05) is 18.5 Å². The Labute approximate surface area is 126 Å². The van der Waals surface area contributed by atoms with Gasteiger partial charge in [-0.2, -0.15) is 4.98 Å². The average Bonchev–Trinajstić information content (AvgIpc) is 2.43. The molecule has 1 aromatic rings. The number of rotatable bonds is 5. The molecule has 6 heteroatoms. The Morgan fingerprint density at radius 2 is 2.15 bits per heavy atom. The van der Waals surface area contributed by atoms with Crippen molar-refractivity contribution in [2.75, 3.05) is 43.9 Å². The Morgan fingerprint density at radius 3 is 2.75 bits per heavy atom. The molecular formula is C14H24ClN5. The van der Waals surface area contributed by atoms with Crippen LogP contribution in [0.15, 0.2) is 6.20 Å². The highest BCUT2D eigenvalue weighted by Crippen LogP contribution is 2.23. The summed E-state index contributed by atoms with van der Waals surface area (Å²) in [6.45, 7) is 6.57. The summed E-state index contributed by atoms with van der Waals surface area (Å²) in [5, 5.41) is 0.421. The van der Waals surface area contributed by atoms with Crippen LogP contribution in [0.25, 0.3) is 0 Å². The predicted octanol–water partition coefficient (Wildman–Crippen LogP) is 2.27. The monoisotopic (exact) mass is 297 g/mol. The van der Waals surface area contributed by atoms with Gasteiger partial charge in [0.2, 0.25) is 5.95 Å². The topological polar surface area (TPSA) is 58.3 Å². The van der Waals surface area contributed by atoms with Gasteiger partial charge in [-0.15, -0.1) is 0 Å². The quantitative estimate of drug-likeness (QED) is 0.903. The molecule has 112 valence electrons. The number of halogens is 1. The molecule has 0 amide bonds. The van der Waals surface area contributed by atoms with Crippen molar-refractivity contribution < 1.29 is 0 Å². The van der Waals surface area contributed by atoms with Crippen molar-refractivity contribution >= 4 is 23.4 Å². The third-order valence-corrected chi connectivity index (χ3v) is 4.12. The van der Waals surface area contributed by atoms with E-state index in [1.165, 1.54) is 32.4 Å². The zero-order chi connectivity index (χ0) is 14.5. The molecule has 1 saturated heterocycles. The molecule has 0 bridgehead atoms. The van der Waals surface area contributed by atoms with Gasteiger partial charge in [0.15, 0.2) is 0 Å². The van der Waals surface area contributed by atoms with E-state index in [9.17, 15) is 0 Å². The molecule has 2 N–H and O–H groups in total. The highest BCUT2D eigenvalue weighted by molar-refractivity contribution is 6.32. The zero-order valence-electron chi connectivity index (χ0n) is 12.3. The summed E-state index contributed by atoms with van der Waals surface area (Å²) in [6.07, 6.45) is 5.16. The van der Waals surface area contributed by atoms with Crippen LogP contribution >= 0.6 is 11.6 Å². The summed E-state index contributed by atoms with van der Waals surface area (Å²) in [7, 11) is 2.21. The summed E-state index contributed by atoms with van der Waals surface area (Å²) in [4.78, 5) is 13.2. The van der Waals surface area contributed by atoms with Crippen molar-refractivity contribution in [3.63, 3.8) is 0 Å². The maximum Gasteiger partial charge on any atom is 0.227 e. The lowest BCUT2D eigenvalue weighted by molar-refractivity contribution is 0.248. The van der Waals surface area contributed by atoms with Crippen LogP contribution in [0.3, 0.4) is 0 Å². The molecule has 1 aromatic heterocycles. The fourth-order valence-electron chi connectivity index (χ4n) is 2.75. The second-order valence-electron chi connectivity index (χ2n) is 5.60. The highest BCUT2D eigenvalue weighted by Gasteiger charge is 2.22. The minimum absolute atomic E-state index is 0.362. The first-order valence-electron chi connectivity index (χ1n) is 7.31. The molecule has 0 unspecified atom stereocenters. The van der Waals surface area contributed by atoms with Crippen LogP contribution in [-0.2, 0) is 0 Å². The van der Waals surface area contributed by atoms with E-state index in [1.807, 2.05) is 0 Å². The molecule has 1 fully saturated rings. The predicted molar refractivity (Wildman–Crippen MR) is 84.2 cm³/mol. The number of anilines is 2. The van der Waals surface area contributed by atoms with Gasteiger partial charge >= 0.3 is 0 Å². The summed E-state index contributed by atoms with van der Waals surface area (Å²) in [6, 6.07) is 0. The normalized spacial score (nSPS) is 16.9. The van der Waals surface area contributed by atoms with Gasteiger partial charge in [0.05, 0.1) is 6.20 Å². The Bertz CT molecular complexity index is 432. The number of piperidine rings is 1. The van der Waals surface area contributed by atoms with E-state index in [-0.39, 0.29) is 0 Å². The van der Waals surface area contributed by atoms with Crippen molar-refractivity contribution in [2.45, 2.75) is 26.2 Å². The van der Waals surface area contributed by atoms with E-state index in [0.717, 1.165) is 19.0 Å². The molecule has 0 spiro atoms. The molecular weight excluding hydrogens is 274 g/mol. The Morgan fingerprint density at radius 1 is 1.45 bits per heavy atom. The smallest absolute Gasteiger partial charge is 0.227 e. The van der Waals surface area contributed by atoms with Crippen molar-refractivity contribution in [3.05, 3.63) is 11.2 Å². The van der Waals surface area contributed by atoms with Gasteiger partial charge < -0.3 is 15.5 Å². The summed E-state index contributed by atoms with van der Waals surface area (Å²) in [5.74, 6) is 1.83. The van der Waals surface area contributed by atoms with Gasteiger partial charge in [0.25, 0.3) is 0 Å². The molecule has 1 aliphatic heterocycles. The number of nitrogens with two attached hydrogens (primary N) is 1. The van der Waals surface area contributed by atoms with Crippen molar-refractivity contribution in [3.8, 4) is 0 Å². The Balaban J connectivity index is 1.86. The van der Waals surface area contributed by atoms with Gasteiger partial charge in [0, 0.05) is 19.6 Å². The van der Waals surface area contributed by atoms with E-state index < -0.39 is 0 Å². The first-order chi connectivity index (χ1) is 9.60. The van der Waals surface area contributed by atoms with Gasteiger partial charge in [0.1, 0.15) is 10.8 Å². The Kier molecular flexibility index (Phi) is 5.43. The molecule has 1 aliphatic rings. The van der Waals surface area contributed by atoms with E-state index in [2.05, 4.69) is 33.7 Å². The van der Waals surface area contributed by atoms with Crippen LogP contribution < -0.4 is 10.6 Å². The average molecular weight is 298 g/mol. The molecule has 0 atom stereocenters. The lowest BCUT2D eigenvalue weighted by atomic mass is 9.96. The first-order valence-corrected chi connectivity index (χ1v) is 7.69. The number of hydrogen-bond donors (Lipinski definition) is 1.